The van der Waals surface area contributed by atoms with Gasteiger partial charge >= 0.3 is 6.18 Å². The first-order valence-electron chi connectivity index (χ1n) is 5.39. The van der Waals surface area contributed by atoms with Gasteiger partial charge in [0.15, 0.2) is 0 Å². The molecule has 0 spiro atoms. The van der Waals surface area contributed by atoms with Crippen LogP contribution in [0.1, 0.15) is 26.2 Å². The maximum Gasteiger partial charge on any atom is 0.391 e. The summed E-state index contributed by atoms with van der Waals surface area (Å²) in [7, 11) is 0. The first-order valence-corrected chi connectivity index (χ1v) is 5.80. The minimum absolute atomic E-state index is 0.145. The number of hydrogen-bond donors (Lipinski definition) is 1. The summed E-state index contributed by atoms with van der Waals surface area (Å²) in [4.78, 5) is 2.45. The molecule has 16 heavy (non-hydrogen) atoms. The number of halogens is 3. The lowest BCUT2D eigenvalue weighted by atomic mass is 9.95. The van der Waals surface area contributed by atoms with Crippen LogP contribution in [0.25, 0.3) is 0 Å². The minimum atomic E-state index is -4.04. The van der Waals surface area contributed by atoms with Crippen molar-refractivity contribution in [3.63, 3.8) is 0 Å². The van der Waals surface area contributed by atoms with E-state index in [-0.39, 0.29) is 18.9 Å². The molecule has 0 radical (unpaired) electrons. The van der Waals surface area contributed by atoms with Crippen LogP contribution >= 0.6 is 12.2 Å². The van der Waals surface area contributed by atoms with Crippen molar-refractivity contribution < 1.29 is 13.2 Å². The smallest absolute Gasteiger partial charge is 0.391 e. The lowest BCUT2D eigenvalue weighted by Crippen LogP contribution is -2.44. The van der Waals surface area contributed by atoms with E-state index in [1.165, 1.54) is 0 Å². The average Bonchev–Trinajstić information content (AvgIpc) is 2.15. The summed E-state index contributed by atoms with van der Waals surface area (Å²) in [5, 5.41) is 0. The van der Waals surface area contributed by atoms with Gasteiger partial charge in [-0.05, 0) is 32.9 Å². The Bertz CT molecular complexity index is 247. The summed E-state index contributed by atoms with van der Waals surface area (Å²) >= 11 is 4.79. The van der Waals surface area contributed by atoms with Crippen molar-refractivity contribution in [2.45, 2.75) is 38.4 Å². The zero-order valence-electron chi connectivity index (χ0n) is 9.26. The molecule has 1 unspecified atom stereocenters. The number of thiocarbonyl (C=S) groups is 1. The van der Waals surface area contributed by atoms with Gasteiger partial charge < -0.3 is 10.6 Å². The van der Waals surface area contributed by atoms with Crippen LogP contribution in [0.3, 0.4) is 0 Å². The lowest BCUT2D eigenvalue weighted by molar-refractivity contribution is -0.185. The van der Waals surface area contributed by atoms with Crippen LogP contribution in [0.5, 0.6) is 0 Å². The largest absolute Gasteiger partial charge is 0.393 e. The van der Waals surface area contributed by atoms with E-state index in [0.717, 1.165) is 0 Å². The number of piperidine rings is 1. The van der Waals surface area contributed by atoms with E-state index in [1.807, 2.05) is 11.8 Å². The van der Waals surface area contributed by atoms with E-state index < -0.39 is 12.1 Å². The zero-order valence-corrected chi connectivity index (χ0v) is 10.1. The number of hydrogen-bond acceptors (Lipinski definition) is 2. The third-order valence-electron chi connectivity index (χ3n) is 3.11. The minimum Gasteiger partial charge on any atom is -0.393 e. The lowest BCUT2D eigenvalue weighted by Gasteiger charge is -2.36. The molecule has 0 saturated carbocycles. The number of alkyl halides is 3. The van der Waals surface area contributed by atoms with Crippen LogP contribution in [-0.2, 0) is 0 Å². The predicted molar refractivity (Wildman–Crippen MR) is 61.2 cm³/mol. The standard InChI is InChI=1S/C10H17F3N2S/c1-7(6-9(14)16)15-4-2-8(3-5-15)10(11,12)13/h7-8H,2-6H2,1H3,(H2,14,16). The van der Waals surface area contributed by atoms with Gasteiger partial charge in [-0.15, -0.1) is 0 Å². The SMILES string of the molecule is CC(CC(N)=S)N1CCC(C(F)(F)F)CC1. The van der Waals surface area contributed by atoms with E-state index in [0.29, 0.717) is 24.5 Å². The van der Waals surface area contributed by atoms with Crippen molar-refractivity contribution in [1.29, 1.82) is 0 Å². The molecule has 0 aromatic rings. The molecule has 1 aliphatic rings. The molecular formula is C10H17F3N2S. The van der Waals surface area contributed by atoms with Crippen LogP contribution in [0.2, 0.25) is 0 Å². The van der Waals surface area contributed by atoms with E-state index in [1.54, 1.807) is 0 Å². The van der Waals surface area contributed by atoms with Crippen LogP contribution in [0.15, 0.2) is 0 Å². The first kappa shape index (κ1) is 13.7. The Kier molecular flexibility index (Phi) is 4.55. The van der Waals surface area contributed by atoms with E-state index in [9.17, 15) is 13.2 Å². The predicted octanol–water partition coefficient (Wildman–Crippen LogP) is 2.33. The normalized spacial score (nSPS) is 22.0. The second-order valence-corrected chi connectivity index (χ2v) is 4.90. The van der Waals surface area contributed by atoms with Gasteiger partial charge in [0.1, 0.15) is 0 Å². The number of nitrogens with zero attached hydrogens (tertiary/aromatic N) is 1. The third-order valence-corrected chi connectivity index (χ3v) is 3.28. The van der Waals surface area contributed by atoms with Crippen LogP contribution in [-0.4, -0.2) is 35.2 Å². The van der Waals surface area contributed by atoms with Crippen molar-refractivity contribution in [1.82, 2.24) is 4.90 Å². The van der Waals surface area contributed by atoms with Gasteiger partial charge in [0.25, 0.3) is 0 Å². The van der Waals surface area contributed by atoms with Gasteiger partial charge in [0, 0.05) is 12.5 Å². The second kappa shape index (κ2) is 5.31. The van der Waals surface area contributed by atoms with Gasteiger partial charge in [0.2, 0.25) is 0 Å². The molecule has 0 aliphatic carbocycles. The van der Waals surface area contributed by atoms with E-state index in [2.05, 4.69) is 0 Å². The summed E-state index contributed by atoms with van der Waals surface area (Å²) in [5.74, 6) is -1.14. The van der Waals surface area contributed by atoms with Crippen molar-refractivity contribution in [3.8, 4) is 0 Å². The molecule has 1 saturated heterocycles. The second-order valence-electron chi connectivity index (χ2n) is 4.37. The fraction of sp³-hybridized carbons (Fsp3) is 0.900. The van der Waals surface area contributed by atoms with Crippen molar-refractivity contribution in [2.75, 3.05) is 13.1 Å². The quantitative estimate of drug-likeness (QED) is 0.784. The van der Waals surface area contributed by atoms with Crippen LogP contribution in [0.4, 0.5) is 13.2 Å². The highest BCUT2D eigenvalue weighted by molar-refractivity contribution is 7.80. The fourth-order valence-corrected chi connectivity index (χ4v) is 2.33. The van der Waals surface area contributed by atoms with Crippen molar-refractivity contribution in [2.24, 2.45) is 11.7 Å². The molecule has 0 aromatic heterocycles. The van der Waals surface area contributed by atoms with Crippen molar-refractivity contribution in [3.05, 3.63) is 0 Å². The molecule has 2 nitrogen and oxygen atoms in total. The molecule has 1 atom stereocenters. The fourth-order valence-electron chi connectivity index (χ4n) is 2.09. The highest BCUT2D eigenvalue weighted by Crippen LogP contribution is 2.34. The molecule has 6 heteroatoms. The average molecular weight is 254 g/mol. The molecule has 1 heterocycles. The first-order chi connectivity index (χ1) is 7.30. The Morgan fingerprint density at radius 3 is 2.31 bits per heavy atom. The van der Waals surface area contributed by atoms with Gasteiger partial charge in [-0.3, -0.25) is 0 Å². The molecule has 94 valence electrons. The summed E-state index contributed by atoms with van der Waals surface area (Å²) in [5.41, 5.74) is 5.42. The maximum absolute atomic E-state index is 12.4. The molecule has 0 amide bonds. The Morgan fingerprint density at radius 2 is 1.94 bits per heavy atom. The maximum atomic E-state index is 12.4. The van der Waals surface area contributed by atoms with Gasteiger partial charge in [-0.1, -0.05) is 12.2 Å². The van der Waals surface area contributed by atoms with E-state index >= 15 is 0 Å². The zero-order chi connectivity index (χ0) is 12.3. The Hall–Kier alpha value is -0.360. The van der Waals surface area contributed by atoms with Crippen molar-refractivity contribution >= 4 is 17.2 Å². The van der Waals surface area contributed by atoms with E-state index in [4.69, 9.17) is 18.0 Å². The highest BCUT2D eigenvalue weighted by atomic mass is 32.1. The summed E-state index contributed by atoms with van der Waals surface area (Å²) in [6, 6.07) is 0.145. The molecule has 1 rings (SSSR count). The summed E-state index contributed by atoms with van der Waals surface area (Å²) < 4.78 is 37.3. The van der Waals surface area contributed by atoms with Crippen LogP contribution < -0.4 is 5.73 Å². The van der Waals surface area contributed by atoms with Gasteiger partial charge in [-0.2, -0.15) is 13.2 Å². The Labute approximate surface area is 99.0 Å². The van der Waals surface area contributed by atoms with Crippen LogP contribution in [0, 0.1) is 5.92 Å². The number of likely N-dealkylation sites (tertiary alicyclic amines) is 1. The topological polar surface area (TPSA) is 29.3 Å². The molecule has 1 aliphatic heterocycles. The monoisotopic (exact) mass is 254 g/mol. The summed E-state index contributed by atoms with van der Waals surface area (Å²) in [6.45, 7) is 2.91. The van der Waals surface area contributed by atoms with Gasteiger partial charge in [-0.25, -0.2) is 0 Å². The molecule has 0 bridgehead atoms. The Morgan fingerprint density at radius 1 is 1.44 bits per heavy atom. The third kappa shape index (κ3) is 3.90. The molecular weight excluding hydrogens is 237 g/mol. The Balaban J connectivity index is 2.40. The number of nitrogens with two attached hydrogens (primary N) is 1. The molecule has 1 fully saturated rings. The molecule has 2 N–H and O–H groups in total. The summed E-state index contributed by atoms with van der Waals surface area (Å²) in [6.07, 6.45) is -3.10. The molecule has 0 aromatic carbocycles. The number of rotatable bonds is 3. The highest BCUT2D eigenvalue weighted by Gasteiger charge is 2.41. The van der Waals surface area contributed by atoms with Gasteiger partial charge in [0.05, 0.1) is 10.9 Å².